The molecule has 1 aliphatic rings. The van der Waals surface area contributed by atoms with Crippen molar-refractivity contribution in [1.82, 2.24) is 9.88 Å². The minimum Gasteiger partial charge on any atom is -0.495 e. The van der Waals surface area contributed by atoms with Gasteiger partial charge in [-0.05, 0) is 44.2 Å². The minimum absolute atomic E-state index is 0.0293. The number of methoxy groups -OCH3 is 1. The van der Waals surface area contributed by atoms with Crippen LogP contribution in [0.4, 0.5) is 5.69 Å². The van der Waals surface area contributed by atoms with Crippen molar-refractivity contribution >= 4 is 22.5 Å². The maximum absolute atomic E-state index is 13.4. The number of aromatic nitrogens is 1. The fourth-order valence-electron chi connectivity index (χ4n) is 4.70. The lowest BCUT2D eigenvalue weighted by atomic mass is 10.0. The van der Waals surface area contributed by atoms with Gasteiger partial charge in [-0.3, -0.25) is 4.79 Å². The van der Waals surface area contributed by atoms with Gasteiger partial charge < -0.3 is 19.3 Å². The summed E-state index contributed by atoms with van der Waals surface area (Å²) >= 11 is 0. The number of hydrogen-bond acceptors (Lipinski definition) is 5. The monoisotopic (exact) mass is 481 g/mol. The van der Waals surface area contributed by atoms with Crippen molar-refractivity contribution in [2.45, 2.75) is 13.8 Å². The van der Waals surface area contributed by atoms with Gasteiger partial charge in [-0.2, -0.15) is 0 Å². The fraction of sp³-hybridized carbons (Fsp3) is 0.267. The molecule has 0 saturated carbocycles. The van der Waals surface area contributed by atoms with E-state index < -0.39 is 0 Å². The molecule has 6 heteroatoms. The Morgan fingerprint density at radius 1 is 0.917 bits per heavy atom. The van der Waals surface area contributed by atoms with E-state index in [9.17, 15) is 4.79 Å². The summed E-state index contributed by atoms with van der Waals surface area (Å²) in [6.07, 6.45) is 0. The minimum atomic E-state index is 0.0293. The zero-order chi connectivity index (χ0) is 25.1. The van der Waals surface area contributed by atoms with Gasteiger partial charge >= 0.3 is 0 Å². The predicted molar refractivity (Wildman–Crippen MR) is 144 cm³/mol. The van der Waals surface area contributed by atoms with Gasteiger partial charge in [0.15, 0.2) is 0 Å². The topological polar surface area (TPSA) is 54.9 Å². The molecule has 1 aromatic heterocycles. The van der Waals surface area contributed by atoms with Gasteiger partial charge in [-0.25, -0.2) is 4.98 Å². The molecule has 0 bridgehead atoms. The largest absolute Gasteiger partial charge is 0.495 e. The van der Waals surface area contributed by atoms with Crippen LogP contribution in [0, 0.1) is 6.92 Å². The molecule has 184 valence electrons. The third-order valence-electron chi connectivity index (χ3n) is 6.66. The highest BCUT2D eigenvalue weighted by atomic mass is 16.5. The SMILES string of the molecule is CCOc1cc(-c2ccc(C)cc2)nc2ccc(C(=O)N3CCN(c4ccccc4OC)CC3)cc12. The van der Waals surface area contributed by atoms with Crippen molar-refractivity contribution in [3.63, 3.8) is 0 Å². The maximum atomic E-state index is 13.4. The molecule has 0 unspecified atom stereocenters. The first-order valence-electron chi connectivity index (χ1n) is 12.4. The molecule has 0 radical (unpaired) electrons. The van der Waals surface area contributed by atoms with E-state index in [0.29, 0.717) is 25.3 Å². The Morgan fingerprint density at radius 3 is 2.39 bits per heavy atom. The first kappa shape index (κ1) is 23.7. The lowest BCUT2D eigenvalue weighted by Gasteiger charge is -2.36. The summed E-state index contributed by atoms with van der Waals surface area (Å²) < 4.78 is 11.5. The zero-order valence-electron chi connectivity index (χ0n) is 21.0. The summed E-state index contributed by atoms with van der Waals surface area (Å²) in [4.78, 5) is 22.5. The summed E-state index contributed by atoms with van der Waals surface area (Å²) in [7, 11) is 1.69. The summed E-state index contributed by atoms with van der Waals surface area (Å²) in [5, 5.41) is 0.853. The van der Waals surface area contributed by atoms with E-state index in [-0.39, 0.29) is 5.91 Å². The predicted octanol–water partition coefficient (Wildman–Crippen LogP) is 5.58. The number of nitrogens with zero attached hydrogens (tertiary/aromatic N) is 3. The van der Waals surface area contributed by atoms with Crippen LogP contribution in [0.5, 0.6) is 11.5 Å². The zero-order valence-corrected chi connectivity index (χ0v) is 21.0. The number of carbonyl (C=O) groups excluding carboxylic acids is 1. The molecule has 0 N–H and O–H groups in total. The van der Waals surface area contributed by atoms with E-state index in [1.165, 1.54) is 5.56 Å². The molecule has 4 aromatic rings. The average molecular weight is 482 g/mol. The van der Waals surface area contributed by atoms with Crippen LogP contribution in [0.3, 0.4) is 0 Å². The lowest BCUT2D eigenvalue weighted by Crippen LogP contribution is -2.48. The summed E-state index contributed by atoms with van der Waals surface area (Å²) in [6.45, 7) is 7.39. The van der Waals surface area contributed by atoms with Crippen molar-refractivity contribution in [2.75, 3.05) is 44.8 Å². The molecule has 1 saturated heterocycles. The second-order valence-corrected chi connectivity index (χ2v) is 8.99. The first-order valence-corrected chi connectivity index (χ1v) is 12.4. The van der Waals surface area contributed by atoms with Crippen LogP contribution in [-0.4, -0.2) is 55.7 Å². The standard InChI is InChI=1S/C30H31N3O3/c1-4-36-29-20-26(22-11-9-21(2)10-12-22)31-25-14-13-23(19-24(25)29)30(34)33-17-15-32(16-18-33)27-7-5-6-8-28(27)35-3/h5-14,19-20H,4,15-18H2,1-3H3. The molecule has 0 aliphatic carbocycles. The highest BCUT2D eigenvalue weighted by Gasteiger charge is 2.24. The number of aryl methyl sites for hydroxylation is 1. The Labute approximate surface area is 212 Å². The van der Waals surface area contributed by atoms with Crippen LogP contribution < -0.4 is 14.4 Å². The Balaban J connectivity index is 1.38. The number of ether oxygens (including phenoxy) is 2. The van der Waals surface area contributed by atoms with Gasteiger partial charge in [0.25, 0.3) is 5.91 Å². The molecule has 5 rings (SSSR count). The summed E-state index contributed by atoms with van der Waals surface area (Å²) in [6, 6.07) is 24.0. The molecular formula is C30H31N3O3. The van der Waals surface area contributed by atoms with Crippen LogP contribution in [0.2, 0.25) is 0 Å². The maximum Gasteiger partial charge on any atom is 0.254 e. The van der Waals surface area contributed by atoms with Crippen molar-refractivity contribution in [3.8, 4) is 22.8 Å². The lowest BCUT2D eigenvalue weighted by molar-refractivity contribution is 0.0747. The number of hydrogen-bond donors (Lipinski definition) is 0. The quantitative estimate of drug-likeness (QED) is 0.360. The van der Waals surface area contributed by atoms with Crippen molar-refractivity contribution in [2.24, 2.45) is 0 Å². The van der Waals surface area contributed by atoms with Crippen LogP contribution >= 0.6 is 0 Å². The van der Waals surface area contributed by atoms with Crippen LogP contribution in [0.15, 0.2) is 72.8 Å². The smallest absolute Gasteiger partial charge is 0.254 e. The second-order valence-electron chi connectivity index (χ2n) is 8.99. The molecule has 6 nitrogen and oxygen atoms in total. The molecule has 1 fully saturated rings. The third kappa shape index (κ3) is 4.71. The van der Waals surface area contributed by atoms with Crippen molar-refractivity contribution < 1.29 is 14.3 Å². The number of carbonyl (C=O) groups is 1. The van der Waals surface area contributed by atoms with Crippen LogP contribution in [0.1, 0.15) is 22.8 Å². The molecule has 3 aromatic carbocycles. The van der Waals surface area contributed by atoms with E-state index in [0.717, 1.165) is 52.4 Å². The van der Waals surface area contributed by atoms with Gasteiger partial charge in [-0.15, -0.1) is 0 Å². The molecule has 2 heterocycles. The van der Waals surface area contributed by atoms with Crippen molar-refractivity contribution in [1.29, 1.82) is 0 Å². The number of piperazine rings is 1. The van der Waals surface area contributed by atoms with E-state index in [4.69, 9.17) is 14.5 Å². The van der Waals surface area contributed by atoms with Gasteiger partial charge in [0, 0.05) is 48.8 Å². The number of amides is 1. The molecule has 1 amide bonds. The van der Waals surface area contributed by atoms with Gasteiger partial charge in [0.2, 0.25) is 0 Å². The van der Waals surface area contributed by atoms with E-state index >= 15 is 0 Å². The van der Waals surface area contributed by atoms with Gasteiger partial charge in [-0.1, -0.05) is 42.0 Å². The van der Waals surface area contributed by atoms with Gasteiger partial charge in [0.1, 0.15) is 11.5 Å². The van der Waals surface area contributed by atoms with E-state index in [2.05, 4.69) is 42.2 Å². The number of fused-ring (bicyclic) bond motifs is 1. The van der Waals surface area contributed by atoms with Crippen LogP contribution in [-0.2, 0) is 0 Å². The molecule has 0 spiro atoms. The fourth-order valence-corrected chi connectivity index (χ4v) is 4.70. The normalized spacial score (nSPS) is 13.6. The average Bonchev–Trinajstić information content (AvgIpc) is 2.93. The molecular weight excluding hydrogens is 450 g/mol. The number of benzene rings is 3. The molecule has 1 aliphatic heterocycles. The molecule has 0 atom stereocenters. The Kier molecular flexibility index (Phi) is 6.76. The summed E-state index contributed by atoms with van der Waals surface area (Å²) in [5.74, 6) is 1.63. The second kappa shape index (κ2) is 10.3. The van der Waals surface area contributed by atoms with E-state index in [1.807, 2.05) is 54.3 Å². The number of anilines is 1. The van der Waals surface area contributed by atoms with Crippen LogP contribution in [0.25, 0.3) is 22.2 Å². The Hall–Kier alpha value is -4.06. The highest BCUT2D eigenvalue weighted by molar-refractivity contribution is 6.00. The Morgan fingerprint density at radius 2 is 1.67 bits per heavy atom. The van der Waals surface area contributed by atoms with E-state index in [1.54, 1.807) is 7.11 Å². The third-order valence-corrected chi connectivity index (χ3v) is 6.66. The number of rotatable bonds is 6. The molecule has 36 heavy (non-hydrogen) atoms. The highest BCUT2D eigenvalue weighted by Crippen LogP contribution is 2.32. The summed E-state index contributed by atoms with van der Waals surface area (Å²) in [5.41, 5.74) is 5.63. The first-order chi connectivity index (χ1) is 17.6. The number of para-hydroxylation sites is 2. The van der Waals surface area contributed by atoms with Gasteiger partial charge in [0.05, 0.1) is 30.6 Å². The Bertz CT molecular complexity index is 1380. The van der Waals surface area contributed by atoms with Crippen molar-refractivity contribution in [3.05, 3.63) is 83.9 Å². The number of pyridine rings is 1.